The first kappa shape index (κ1) is 22.8. The second-order valence-electron chi connectivity index (χ2n) is 5.81. The number of amides is 1. The number of rotatable bonds is 7. The fourth-order valence-corrected chi connectivity index (χ4v) is 4.29. The van der Waals surface area contributed by atoms with E-state index in [9.17, 15) is 19.6 Å². The molecule has 2 rings (SSSR count). The van der Waals surface area contributed by atoms with Gasteiger partial charge in [-0.1, -0.05) is 17.8 Å². The molecular formula is C19H19BrN2O6S. The minimum atomic E-state index is -1.25. The number of halogens is 1. The van der Waals surface area contributed by atoms with E-state index in [2.05, 4.69) is 27.3 Å². The Morgan fingerprint density at radius 2 is 2.07 bits per heavy atom. The van der Waals surface area contributed by atoms with Gasteiger partial charge in [0.05, 0.1) is 47.7 Å². The number of hydrogen-bond donors (Lipinski definition) is 1. The molecule has 1 N–H and O–H groups in total. The van der Waals surface area contributed by atoms with Gasteiger partial charge in [-0.3, -0.25) is 14.4 Å². The van der Waals surface area contributed by atoms with Crippen molar-refractivity contribution < 1.29 is 28.6 Å². The molecule has 154 valence electrons. The van der Waals surface area contributed by atoms with Gasteiger partial charge in [0.2, 0.25) is 5.91 Å². The van der Waals surface area contributed by atoms with Crippen molar-refractivity contribution in [2.45, 2.75) is 12.8 Å². The molecule has 0 aliphatic carbocycles. The van der Waals surface area contributed by atoms with E-state index in [1.165, 1.54) is 14.2 Å². The third kappa shape index (κ3) is 5.10. The van der Waals surface area contributed by atoms with Crippen molar-refractivity contribution in [3.63, 3.8) is 0 Å². The predicted molar refractivity (Wildman–Crippen MR) is 109 cm³/mol. The number of methoxy groups -OCH3 is 2. The fraction of sp³-hybridized carbons (Fsp3) is 0.368. The molecule has 8 nitrogen and oxygen atoms in total. The lowest BCUT2D eigenvalue weighted by molar-refractivity contribution is -0.150. The summed E-state index contributed by atoms with van der Waals surface area (Å²) in [6, 6.07) is 7.10. The molecule has 0 radical (unpaired) electrons. The van der Waals surface area contributed by atoms with E-state index in [-0.39, 0.29) is 23.0 Å². The molecule has 0 aromatic heterocycles. The Bertz CT molecular complexity index is 895. The van der Waals surface area contributed by atoms with Crippen LogP contribution in [0, 0.1) is 17.2 Å². The molecule has 2 atom stereocenters. The Labute approximate surface area is 180 Å². The summed E-state index contributed by atoms with van der Waals surface area (Å²) < 4.78 is 15.5. The van der Waals surface area contributed by atoms with E-state index in [4.69, 9.17) is 14.2 Å². The number of ether oxygens (including phenoxy) is 3. The van der Waals surface area contributed by atoms with E-state index in [1.807, 2.05) is 0 Å². The van der Waals surface area contributed by atoms with Gasteiger partial charge in [-0.2, -0.15) is 5.26 Å². The molecule has 0 bridgehead atoms. The molecule has 1 aromatic rings. The van der Waals surface area contributed by atoms with Crippen molar-refractivity contribution >= 4 is 45.5 Å². The molecular weight excluding hydrogens is 464 g/mol. The average Bonchev–Trinajstić information content (AvgIpc) is 2.71. The number of nitrogens with one attached hydrogen (secondary N) is 1. The second kappa shape index (κ2) is 10.3. The van der Waals surface area contributed by atoms with Crippen molar-refractivity contribution in [1.82, 2.24) is 5.32 Å². The standard InChI is InChI=1S/C19H19BrN2O6S/c1-4-28-14(23)9-29-18-11(8-21)15(16(17(24)22-18)19(25)27-3)10-5-6-13(26-2)12(20)7-10/h5-7,15-16H,4,9H2,1-3H3,(H,22,24)/t15-,16+/m0/s1. The van der Waals surface area contributed by atoms with Gasteiger partial charge in [0.1, 0.15) is 11.7 Å². The number of nitriles is 1. The Morgan fingerprint density at radius 3 is 2.62 bits per heavy atom. The minimum absolute atomic E-state index is 0.0868. The first-order valence-corrected chi connectivity index (χ1v) is 10.3. The number of benzene rings is 1. The van der Waals surface area contributed by atoms with E-state index < -0.39 is 29.7 Å². The molecule has 0 unspecified atom stereocenters. The van der Waals surface area contributed by atoms with Gasteiger partial charge in [0.25, 0.3) is 0 Å². The van der Waals surface area contributed by atoms with Crippen LogP contribution in [0.3, 0.4) is 0 Å². The highest BCUT2D eigenvalue weighted by molar-refractivity contribution is 9.10. The van der Waals surface area contributed by atoms with Gasteiger partial charge in [-0.15, -0.1) is 0 Å². The summed E-state index contributed by atoms with van der Waals surface area (Å²) in [6.45, 7) is 1.91. The van der Waals surface area contributed by atoms with Crippen LogP contribution in [0.15, 0.2) is 33.3 Å². The molecule has 1 heterocycles. The Hall–Kier alpha value is -2.51. The number of nitrogens with zero attached hydrogens (tertiary/aromatic N) is 1. The first-order valence-electron chi connectivity index (χ1n) is 8.52. The van der Waals surface area contributed by atoms with Gasteiger partial charge >= 0.3 is 11.9 Å². The number of thioether (sulfide) groups is 1. The zero-order valence-electron chi connectivity index (χ0n) is 16.0. The van der Waals surface area contributed by atoms with Crippen molar-refractivity contribution in [1.29, 1.82) is 5.26 Å². The van der Waals surface area contributed by atoms with E-state index in [1.54, 1.807) is 25.1 Å². The maximum atomic E-state index is 12.7. The highest BCUT2D eigenvalue weighted by Crippen LogP contribution is 2.42. The van der Waals surface area contributed by atoms with Gasteiger partial charge < -0.3 is 19.5 Å². The lowest BCUT2D eigenvalue weighted by atomic mass is 9.78. The van der Waals surface area contributed by atoms with Crippen LogP contribution in [-0.2, 0) is 23.9 Å². The maximum absolute atomic E-state index is 12.7. The van der Waals surface area contributed by atoms with Crippen LogP contribution < -0.4 is 10.1 Å². The normalized spacial score (nSPS) is 18.5. The van der Waals surface area contributed by atoms with Gasteiger partial charge in [-0.05, 0) is 40.5 Å². The van der Waals surface area contributed by atoms with E-state index >= 15 is 0 Å². The van der Waals surface area contributed by atoms with Crippen LogP contribution in [0.5, 0.6) is 5.75 Å². The number of carbonyl (C=O) groups is 3. The van der Waals surface area contributed by atoms with Crippen LogP contribution in [0.1, 0.15) is 18.4 Å². The number of allylic oxidation sites excluding steroid dienone is 1. The van der Waals surface area contributed by atoms with Crippen molar-refractivity contribution in [2.75, 3.05) is 26.6 Å². The van der Waals surface area contributed by atoms with Crippen LogP contribution in [-0.4, -0.2) is 44.4 Å². The van der Waals surface area contributed by atoms with Crippen molar-refractivity contribution in [3.05, 3.63) is 38.8 Å². The number of carbonyl (C=O) groups excluding carboxylic acids is 3. The molecule has 0 spiro atoms. The quantitative estimate of drug-likeness (QED) is 0.465. The molecule has 1 aromatic carbocycles. The lowest BCUT2D eigenvalue weighted by Gasteiger charge is -2.31. The van der Waals surface area contributed by atoms with Gasteiger partial charge in [-0.25, -0.2) is 0 Å². The van der Waals surface area contributed by atoms with E-state index in [0.29, 0.717) is 15.8 Å². The molecule has 0 fully saturated rings. The van der Waals surface area contributed by atoms with Crippen LogP contribution in [0.4, 0.5) is 0 Å². The molecule has 10 heteroatoms. The molecule has 1 aliphatic rings. The number of hydrogen-bond acceptors (Lipinski definition) is 8. The highest BCUT2D eigenvalue weighted by Gasteiger charge is 2.44. The zero-order valence-corrected chi connectivity index (χ0v) is 18.4. The van der Waals surface area contributed by atoms with Crippen molar-refractivity contribution in [2.24, 2.45) is 5.92 Å². The van der Waals surface area contributed by atoms with E-state index in [0.717, 1.165) is 11.8 Å². The topological polar surface area (TPSA) is 115 Å². The number of esters is 2. The van der Waals surface area contributed by atoms with Gasteiger partial charge in [0, 0.05) is 5.92 Å². The monoisotopic (exact) mass is 482 g/mol. The molecule has 1 aliphatic heterocycles. The summed E-state index contributed by atoms with van der Waals surface area (Å²) in [7, 11) is 2.69. The molecule has 0 saturated carbocycles. The van der Waals surface area contributed by atoms with Gasteiger partial charge in [0.15, 0.2) is 0 Å². The molecule has 29 heavy (non-hydrogen) atoms. The van der Waals surface area contributed by atoms with Crippen LogP contribution in [0.2, 0.25) is 0 Å². The summed E-state index contributed by atoms with van der Waals surface area (Å²) >= 11 is 4.36. The summed E-state index contributed by atoms with van der Waals surface area (Å²) in [5, 5.41) is 12.6. The highest BCUT2D eigenvalue weighted by atomic mass is 79.9. The predicted octanol–water partition coefficient (Wildman–Crippen LogP) is 2.49. The summed E-state index contributed by atoms with van der Waals surface area (Å²) in [4.78, 5) is 36.8. The maximum Gasteiger partial charge on any atom is 0.319 e. The third-order valence-electron chi connectivity index (χ3n) is 4.16. The lowest BCUT2D eigenvalue weighted by Crippen LogP contribution is -2.44. The van der Waals surface area contributed by atoms with Crippen LogP contribution >= 0.6 is 27.7 Å². The average molecular weight is 483 g/mol. The smallest absolute Gasteiger partial charge is 0.319 e. The summed E-state index contributed by atoms with van der Waals surface area (Å²) in [5.74, 6) is -3.51. The summed E-state index contributed by atoms with van der Waals surface area (Å²) in [5.41, 5.74) is 0.708. The van der Waals surface area contributed by atoms with Crippen LogP contribution in [0.25, 0.3) is 0 Å². The Balaban J connectivity index is 2.54. The fourth-order valence-electron chi connectivity index (χ4n) is 2.89. The zero-order chi connectivity index (χ0) is 21.6. The third-order valence-corrected chi connectivity index (χ3v) is 5.77. The molecule has 0 saturated heterocycles. The molecule has 1 amide bonds. The minimum Gasteiger partial charge on any atom is -0.496 e. The van der Waals surface area contributed by atoms with Crippen molar-refractivity contribution in [3.8, 4) is 11.8 Å². The Morgan fingerprint density at radius 1 is 1.34 bits per heavy atom. The SMILES string of the molecule is CCOC(=O)CSC1=C(C#N)[C@H](c2ccc(OC)c(Br)c2)[C@@H](C(=O)OC)C(=O)N1. The first-order chi connectivity index (χ1) is 13.9. The summed E-state index contributed by atoms with van der Waals surface area (Å²) in [6.07, 6.45) is 0. The largest absolute Gasteiger partial charge is 0.496 e. The Kier molecular flexibility index (Phi) is 8.10. The second-order valence-corrected chi connectivity index (χ2v) is 7.65.